The molecule has 168 valence electrons. The van der Waals surface area contributed by atoms with Crippen LogP contribution in [0.25, 0.3) is 10.2 Å². The second-order valence-electron chi connectivity index (χ2n) is 8.52. The molecule has 2 aliphatic rings. The van der Waals surface area contributed by atoms with E-state index in [1.54, 1.807) is 11.8 Å². The van der Waals surface area contributed by atoms with E-state index in [-0.39, 0.29) is 31.1 Å². The number of hydrogen-bond donors (Lipinski definition) is 2. The van der Waals surface area contributed by atoms with Crippen LogP contribution in [-0.2, 0) is 17.6 Å². The number of fused-ring (bicyclic) bond motifs is 2. The van der Waals surface area contributed by atoms with Gasteiger partial charge in [0.15, 0.2) is 5.13 Å². The van der Waals surface area contributed by atoms with Crippen molar-refractivity contribution in [3.05, 3.63) is 51.7 Å². The molecule has 5 rings (SSSR count). The number of anilines is 1. The first kappa shape index (κ1) is 21.1. The summed E-state index contributed by atoms with van der Waals surface area (Å²) < 4.78 is 30.2. The van der Waals surface area contributed by atoms with Gasteiger partial charge in [-0.15, -0.1) is 0 Å². The third-order valence-corrected chi connectivity index (χ3v) is 7.40. The fourth-order valence-electron chi connectivity index (χ4n) is 4.55. The predicted octanol–water partition coefficient (Wildman–Crippen LogP) is 3.32. The Kier molecular flexibility index (Phi) is 5.29. The Hall–Kier alpha value is -2.72. The van der Waals surface area contributed by atoms with Crippen molar-refractivity contribution in [2.45, 2.75) is 50.5 Å². The number of alkyl halides is 2. The molecule has 0 radical (unpaired) electrons. The van der Waals surface area contributed by atoms with E-state index in [4.69, 9.17) is 0 Å². The number of rotatable bonds is 4. The molecule has 10 heteroatoms. The number of H-pyrrole nitrogens is 1. The molecule has 2 aromatic heterocycles. The van der Waals surface area contributed by atoms with E-state index in [2.05, 4.69) is 32.4 Å². The quantitative estimate of drug-likeness (QED) is 0.625. The number of carbonyl (C=O) groups is 1. The number of nitrogens with one attached hydrogen (secondary N) is 2. The zero-order valence-electron chi connectivity index (χ0n) is 17.5. The molecule has 0 bridgehead atoms. The van der Waals surface area contributed by atoms with Gasteiger partial charge in [0.2, 0.25) is 5.91 Å². The smallest absolute Gasteiger partial charge is 0.266 e. The minimum Gasteiger partial charge on any atom is -0.326 e. The maximum atomic E-state index is 14.6. The molecule has 0 spiro atoms. The van der Waals surface area contributed by atoms with Gasteiger partial charge in [0.05, 0.1) is 34.1 Å². The molecule has 3 heterocycles. The largest absolute Gasteiger partial charge is 0.326 e. The minimum atomic E-state index is -2.97. The lowest BCUT2D eigenvalue weighted by Crippen LogP contribution is -2.52. The Morgan fingerprint density at radius 2 is 2.12 bits per heavy atom. The van der Waals surface area contributed by atoms with Crippen LogP contribution in [0.3, 0.4) is 0 Å². The van der Waals surface area contributed by atoms with Gasteiger partial charge in [-0.05, 0) is 49.4 Å². The van der Waals surface area contributed by atoms with E-state index >= 15 is 0 Å². The number of nitrogens with zero attached hydrogens (tertiary/aromatic N) is 3. The van der Waals surface area contributed by atoms with Gasteiger partial charge in [-0.2, -0.15) is 0 Å². The summed E-state index contributed by atoms with van der Waals surface area (Å²) in [7, 11) is 0. The number of amides is 1. The highest BCUT2D eigenvalue weighted by Crippen LogP contribution is 2.40. The van der Waals surface area contributed by atoms with Crippen molar-refractivity contribution in [2.75, 3.05) is 18.4 Å². The third kappa shape index (κ3) is 3.93. The Labute approximate surface area is 186 Å². The lowest BCUT2D eigenvalue weighted by atomic mass is 9.90. The van der Waals surface area contributed by atoms with E-state index in [9.17, 15) is 18.4 Å². The predicted molar refractivity (Wildman–Crippen MR) is 118 cm³/mol. The van der Waals surface area contributed by atoms with Crippen molar-refractivity contribution in [3.63, 3.8) is 0 Å². The second-order valence-corrected chi connectivity index (χ2v) is 9.55. The summed E-state index contributed by atoms with van der Waals surface area (Å²) in [6.07, 6.45) is 5.15. The van der Waals surface area contributed by atoms with Crippen molar-refractivity contribution in [3.8, 4) is 0 Å². The number of piperidine rings is 1. The van der Waals surface area contributed by atoms with Crippen LogP contribution in [0, 0.1) is 0 Å². The number of likely N-dealkylation sites (tertiary alicyclic amines) is 1. The molecule has 1 aromatic carbocycles. The fourth-order valence-corrected chi connectivity index (χ4v) is 5.47. The second kappa shape index (κ2) is 8.00. The first-order chi connectivity index (χ1) is 15.3. The SMILES string of the molecule is C[C@@H](C(=O)Nc1nc2cc3c(cc2s1)CCC3)N1CCC(F)(F)C(c2c[nH]c(=O)cn2)C1. The molecular formula is C22H23F2N5O2S. The van der Waals surface area contributed by atoms with Crippen LogP contribution in [0.2, 0.25) is 0 Å². The summed E-state index contributed by atoms with van der Waals surface area (Å²) in [5.74, 6) is -4.45. The molecule has 1 saturated heterocycles. The van der Waals surface area contributed by atoms with E-state index in [0.29, 0.717) is 5.13 Å². The van der Waals surface area contributed by atoms with Crippen molar-refractivity contribution < 1.29 is 13.6 Å². The Bertz CT molecular complexity index is 1180. The summed E-state index contributed by atoms with van der Waals surface area (Å²) in [6.45, 7) is 1.76. The number of carbonyl (C=O) groups excluding carboxylic acids is 1. The van der Waals surface area contributed by atoms with Crippen LogP contribution in [0.4, 0.5) is 13.9 Å². The molecule has 1 amide bonds. The first-order valence-corrected chi connectivity index (χ1v) is 11.5. The van der Waals surface area contributed by atoms with Gasteiger partial charge in [-0.25, -0.2) is 13.8 Å². The van der Waals surface area contributed by atoms with Gasteiger partial charge < -0.3 is 10.3 Å². The molecule has 3 aromatic rings. The number of halogens is 2. The maximum absolute atomic E-state index is 14.6. The summed E-state index contributed by atoms with van der Waals surface area (Å²) in [4.78, 5) is 36.7. The Morgan fingerprint density at radius 3 is 2.88 bits per heavy atom. The summed E-state index contributed by atoms with van der Waals surface area (Å²) in [5, 5.41) is 3.38. The molecule has 2 N–H and O–H groups in total. The van der Waals surface area contributed by atoms with Gasteiger partial charge >= 0.3 is 0 Å². The van der Waals surface area contributed by atoms with Gasteiger partial charge in [-0.3, -0.25) is 19.5 Å². The molecule has 0 saturated carbocycles. The van der Waals surface area contributed by atoms with E-state index in [1.807, 2.05) is 0 Å². The fraction of sp³-hybridized carbons (Fsp3) is 0.455. The van der Waals surface area contributed by atoms with Crippen LogP contribution >= 0.6 is 11.3 Å². The molecule has 1 fully saturated rings. The van der Waals surface area contributed by atoms with Crippen molar-refractivity contribution in [2.24, 2.45) is 0 Å². The molecule has 1 unspecified atom stereocenters. The number of thiazole rings is 1. The monoisotopic (exact) mass is 459 g/mol. The van der Waals surface area contributed by atoms with E-state index < -0.39 is 23.4 Å². The highest BCUT2D eigenvalue weighted by molar-refractivity contribution is 7.22. The van der Waals surface area contributed by atoms with Crippen LogP contribution in [0.15, 0.2) is 29.3 Å². The van der Waals surface area contributed by atoms with Crippen molar-refractivity contribution in [1.82, 2.24) is 19.9 Å². The topological polar surface area (TPSA) is 91.0 Å². The average Bonchev–Trinajstić information content (AvgIpc) is 3.37. The average molecular weight is 460 g/mol. The zero-order valence-corrected chi connectivity index (χ0v) is 18.3. The lowest BCUT2D eigenvalue weighted by molar-refractivity contribution is -0.125. The van der Waals surface area contributed by atoms with Gasteiger partial charge in [-0.1, -0.05) is 11.3 Å². The first-order valence-electron chi connectivity index (χ1n) is 10.7. The summed E-state index contributed by atoms with van der Waals surface area (Å²) >= 11 is 1.43. The molecule has 1 aliphatic carbocycles. The van der Waals surface area contributed by atoms with Crippen LogP contribution in [0.1, 0.15) is 42.5 Å². The van der Waals surface area contributed by atoms with Gasteiger partial charge in [0.1, 0.15) is 0 Å². The number of aromatic nitrogens is 3. The molecule has 2 atom stereocenters. The highest BCUT2D eigenvalue weighted by Gasteiger charge is 2.47. The maximum Gasteiger partial charge on any atom is 0.266 e. The van der Waals surface area contributed by atoms with Crippen LogP contribution in [0.5, 0.6) is 0 Å². The number of aryl methyl sites for hydroxylation is 2. The minimum absolute atomic E-state index is 0.0345. The van der Waals surface area contributed by atoms with Gasteiger partial charge in [0, 0.05) is 25.7 Å². The highest BCUT2D eigenvalue weighted by atomic mass is 32.1. The van der Waals surface area contributed by atoms with Crippen molar-refractivity contribution in [1.29, 1.82) is 0 Å². The lowest BCUT2D eigenvalue weighted by Gasteiger charge is -2.40. The molecular weight excluding hydrogens is 436 g/mol. The van der Waals surface area contributed by atoms with Gasteiger partial charge in [0.25, 0.3) is 11.5 Å². The summed E-state index contributed by atoms with van der Waals surface area (Å²) in [6, 6.07) is 3.64. The zero-order chi connectivity index (χ0) is 22.5. The Morgan fingerprint density at radius 1 is 1.34 bits per heavy atom. The van der Waals surface area contributed by atoms with Crippen LogP contribution < -0.4 is 10.9 Å². The van der Waals surface area contributed by atoms with E-state index in [0.717, 1.165) is 35.7 Å². The van der Waals surface area contributed by atoms with Crippen LogP contribution in [-0.4, -0.2) is 50.8 Å². The Balaban J connectivity index is 1.30. The normalized spacial score (nSPS) is 21.4. The number of benzene rings is 1. The standard InChI is InChI=1S/C22H23F2N5O2S/c1-12(29-6-5-22(23,24)15(11-29)17-9-26-19(30)10-25-17)20(31)28-21-27-16-7-13-3-2-4-14(13)8-18(16)32-21/h7-10,12,15H,2-6,11H2,1H3,(H,26,30)(H,27,28,31)/t12-,15?/m0/s1. The van der Waals surface area contributed by atoms with E-state index in [1.165, 1.54) is 28.7 Å². The number of aromatic amines is 1. The van der Waals surface area contributed by atoms with Crippen molar-refractivity contribution >= 4 is 32.6 Å². The molecule has 32 heavy (non-hydrogen) atoms. The summed E-state index contributed by atoms with van der Waals surface area (Å²) in [5.41, 5.74) is 3.22. The molecule has 1 aliphatic heterocycles. The number of hydrogen-bond acceptors (Lipinski definition) is 6. The third-order valence-electron chi connectivity index (χ3n) is 6.47. The molecule has 7 nitrogen and oxygen atoms in total.